The molecule has 0 bridgehead atoms. The Balaban J connectivity index is 1.36. The number of benzene rings is 3. The van der Waals surface area contributed by atoms with E-state index in [9.17, 15) is 9.90 Å². The molecule has 0 saturated heterocycles. The summed E-state index contributed by atoms with van der Waals surface area (Å²) in [5.74, 6) is 0.625. The van der Waals surface area contributed by atoms with Crippen LogP contribution in [0.4, 0.5) is 0 Å². The van der Waals surface area contributed by atoms with E-state index in [2.05, 4.69) is 36.4 Å². The molecule has 0 aliphatic heterocycles. The summed E-state index contributed by atoms with van der Waals surface area (Å²) in [5.41, 5.74) is 5.78. The van der Waals surface area contributed by atoms with E-state index in [1.807, 2.05) is 66.4 Å². The van der Waals surface area contributed by atoms with E-state index in [4.69, 9.17) is 21.3 Å². The van der Waals surface area contributed by atoms with Gasteiger partial charge in [-0.1, -0.05) is 72.3 Å². The molecule has 39 heavy (non-hydrogen) atoms. The molecule has 1 aliphatic carbocycles. The van der Waals surface area contributed by atoms with Crippen LogP contribution in [0.1, 0.15) is 57.3 Å². The summed E-state index contributed by atoms with van der Waals surface area (Å²) in [7, 11) is 1.42. The van der Waals surface area contributed by atoms with Crippen molar-refractivity contribution in [1.82, 2.24) is 4.98 Å². The summed E-state index contributed by atoms with van der Waals surface area (Å²) in [6, 6.07) is 26.1. The summed E-state index contributed by atoms with van der Waals surface area (Å²) < 4.78 is 5.00. The second kappa shape index (κ2) is 12.4. The van der Waals surface area contributed by atoms with Crippen molar-refractivity contribution in [3.8, 4) is 0 Å². The maximum atomic E-state index is 12.3. The largest absolute Gasteiger partial charge is 0.465 e. The Morgan fingerprint density at radius 3 is 2.69 bits per heavy atom. The van der Waals surface area contributed by atoms with E-state index in [1.54, 1.807) is 0 Å². The number of carbonyl (C=O) groups excluding carboxylic acids is 1. The molecule has 1 N–H and O–H groups in total. The number of esters is 1. The quantitative estimate of drug-likeness (QED) is 0.189. The van der Waals surface area contributed by atoms with E-state index in [-0.39, 0.29) is 23.2 Å². The molecule has 4 aromatic rings. The van der Waals surface area contributed by atoms with E-state index >= 15 is 0 Å². The predicted molar refractivity (Wildman–Crippen MR) is 162 cm³/mol. The maximum Gasteiger partial charge on any atom is 0.338 e. The highest BCUT2D eigenvalue weighted by atomic mass is 35.5. The molecule has 3 aromatic carbocycles. The minimum absolute atomic E-state index is 0.0645. The van der Waals surface area contributed by atoms with Crippen LogP contribution in [0, 0.1) is 5.41 Å². The number of aliphatic hydroxyl groups is 1. The van der Waals surface area contributed by atoms with Crippen LogP contribution in [0.15, 0.2) is 78.9 Å². The summed E-state index contributed by atoms with van der Waals surface area (Å²) in [4.78, 5) is 17.0. The zero-order valence-corrected chi connectivity index (χ0v) is 23.5. The van der Waals surface area contributed by atoms with Crippen molar-refractivity contribution in [3.63, 3.8) is 0 Å². The average Bonchev–Trinajstić information content (AvgIpc) is 3.76. The number of halogens is 1. The van der Waals surface area contributed by atoms with E-state index in [0.29, 0.717) is 10.6 Å². The minimum atomic E-state index is -0.302. The van der Waals surface area contributed by atoms with Gasteiger partial charge in [0.05, 0.1) is 23.9 Å². The third-order valence-electron chi connectivity index (χ3n) is 7.39. The number of rotatable bonds is 11. The zero-order chi connectivity index (χ0) is 27.2. The third-order valence-corrected chi connectivity index (χ3v) is 9.31. The molecule has 1 aliphatic rings. The fraction of sp³-hybridized carbons (Fsp3) is 0.273. The molecule has 1 unspecified atom stereocenters. The van der Waals surface area contributed by atoms with Gasteiger partial charge in [-0.15, -0.1) is 0 Å². The van der Waals surface area contributed by atoms with Gasteiger partial charge >= 0.3 is 5.97 Å². The molecule has 0 spiro atoms. The van der Waals surface area contributed by atoms with Gasteiger partial charge in [0.2, 0.25) is 0 Å². The van der Waals surface area contributed by atoms with Gasteiger partial charge in [-0.25, -0.2) is 9.78 Å². The summed E-state index contributed by atoms with van der Waals surface area (Å²) >= 11 is 8.07. The van der Waals surface area contributed by atoms with Gasteiger partial charge < -0.3 is 9.84 Å². The van der Waals surface area contributed by atoms with Crippen LogP contribution in [0.25, 0.3) is 23.1 Å². The number of methoxy groups -OCH3 is 1. The van der Waals surface area contributed by atoms with Crippen LogP contribution < -0.4 is 0 Å². The molecule has 1 saturated carbocycles. The molecule has 4 nitrogen and oxygen atoms in total. The molecule has 0 radical (unpaired) electrons. The van der Waals surface area contributed by atoms with Crippen molar-refractivity contribution >= 4 is 52.4 Å². The molecule has 0 amide bonds. The van der Waals surface area contributed by atoms with Crippen molar-refractivity contribution in [2.45, 2.75) is 30.9 Å². The van der Waals surface area contributed by atoms with Crippen LogP contribution in [-0.2, 0) is 11.2 Å². The number of aliphatic hydroxyl groups excluding tert-OH is 1. The highest BCUT2D eigenvalue weighted by Gasteiger charge is 2.42. The fourth-order valence-electron chi connectivity index (χ4n) is 4.73. The second-order valence-electron chi connectivity index (χ2n) is 10.2. The fourth-order valence-corrected chi connectivity index (χ4v) is 6.45. The Morgan fingerprint density at radius 1 is 1.08 bits per heavy atom. The number of hydrogen-bond acceptors (Lipinski definition) is 5. The minimum Gasteiger partial charge on any atom is -0.465 e. The number of hydrogen-bond donors (Lipinski definition) is 1. The lowest BCUT2D eigenvalue weighted by Gasteiger charge is -2.21. The normalized spacial score (nSPS) is 14.9. The molecule has 6 heteroatoms. The van der Waals surface area contributed by atoms with Gasteiger partial charge in [0.25, 0.3) is 0 Å². The first-order valence-electron chi connectivity index (χ1n) is 13.2. The first-order chi connectivity index (χ1) is 19.0. The molecule has 1 atom stereocenters. The molecular weight excluding hydrogens is 526 g/mol. The van der Waals surface area contributed by atoms with Crippen molar-refractivity contribution < 1.29 is 14.6 Å². The number of aryl methyl sites for hydroxylation is 1. The van der Waals surface area contributed by atoms with Crippen molar-refractivity contribution in [2.24, 2.45) is 5.41 Å². The number of aromatic nitrogens is 1. The maximum absolute atomic E-state index is 12.3. The van der Waals surface area contributed by atoms with Crippen LogP contribution in [0.2, 0.25) is 5.02 Å². The summed E-state index contributed by atoms with van der Waals surface area (Å²) in [6.07, 6.45) is 7.92. The number of carbonyl (C=O) groups is 1. The topological polar surface area (TPSA) is 59.4 Å². The molecule has 1 aromatic heterocycles. The predicted octanol–water partition coefficient (Wildman–Crippen LogP) is 8.02. The van der Waals surface area contributed by atoms with Gasteiger partial charge in [-0.05, 0) is 72.7 Å². The number of fused-ring (bicyclic) bond motifs is 1. The smallest absolute Gasteiger partial charge is 0.338 e. The molecule has 1 heterocycles. The van der Waals surface area contributed by atoms with E-state index < -0.39 is 0 Å². The SMILES string of the molecule is COC(=O)c1ccccc1CCC(SCC1(CO)CC1)c1cccc(C=Cc2ccc3ccc(Cl)cc3n2)c1. The molecule has 1 fully saturated rings. The lowest BCUT2D eigenvalue weighted by Crippen LogP contribution is -2.12. The zero-order valence-electron chi connectivity index (χ0n) is 22.0. The standard InChI is InChI=1S/C33H32ClNO3S/c1-38-32(37)29-8-3-2-6-24(29)12-16-31(39-22-33(21-36)17-18-33)26-7-4-5-23(19-26)9-14-28-15-11-25-10-13-27(34)20-30(25)35-28/h2-11,13-15,19-20,31,36H,12,16-18,21-22H2,1H3. The summed E-state index contributed by atoms with van der Waals surface area (Å²) in [5, 5.41) is 11.9. The van der Waals surface area contributed by atoms with Gasteiger partial charge in [-0.2, -0.15) is 11.8 Å². The number of ether oxygens (including phenoxy) is 1. The molecule has 5 rings (SSSR count). The van der Waals surface area contributed by atoms with Crippen molar-refractivity contribution in [2.75, 3.05) is 19.5 Å². The van der Waals surface area contributed by atoms with Crippen LogP contribution in [0.5, 0.6) is 0 Å². The first-order valence-corrected chi connectivity index (χ1v) is 14.6. The van der Waals surface area contributed by atoms with Crippen LogP contribution in [0.3, 0.4) is 0 Å². The highest BCUT2D eigenvalue weighted by molar-refractivity contribution is 7.99. The van der Waals surface area contributed by atoms with Crippen molar-refractivity contribution in [1.29, 1.82) is 0 Å². The Labute approximate surface area is 239 Å². The molecule has 200 valence electrons. The lowest BCUT2D eigenvalue weighted by atomic mass is 9.98. The Hall–Kier alpha value is -3.12. The first kappa shape index (κ1) is 27.4. The Kier molecular flexibility index (Phi) is 8.71. The van der Waals surface area contributed by atoms with Crippen molar-refractivity contribution in [3.05, 3.63) is 112 Å². The monoisotopic (exact) mass is 557 g/mol. The average molecular weight is 558 g/mol. The molecular formula is C33H32ClNO3S. The van der Waals surface area contributed by atoms with Gasteiger partial charge in [0.15, 0.2) is 0 Å². The Morgan fingerprint density at radius 2 is 1.90 bits per heavy atom. The van der Waals surface area contributed by atoms with Gasteiger partial charge in [0, 0.05) is 33.4 Å². The van der Waals surface area contributed by atoms with E-state index in [0.717, 1.165) is 59.2 Å². The number of thioether (sulfide) groups is 1. The number of pyridine rings is 1. The lowest BCUT2D eigenvalue weighted by molar-refractivity contribution is 0.0599. The van der Waals surface area contributed by atoms with E-state index in [1.165, 1.54) is 12.7 Å². The second-order valence-corrected chi connectivity index (χ2v) is 11.8. The summed E-state index contributed by atoms with van der Waals surface area (Å²) in [6.45, 7) is 0.241. The van der Waals surface area contributed by atoms with Crippen LogP contribution >= 0.6 is 23.4 Å². The van der Waals surface area contributed by atoms with Gasteiger partial charge in [-0.3, -0.25) is 0 Å². The van der Waals surface area contributed by atoms with Gasteiger partial charge in [0.1, 0.15) is 0 Å². The van der Waals surface area contributed by atoms with Crippen LogP contribution in [-0.4, -0.2) is 35.5 Å². The number of nitrogens with zero attached hydrogens (tertiary/aromatic N) is 1. The third kappa shape index (κ3) is 6.91. The highest BCUT2D eigenvalue weighted by Crippen LogP contribution is 2.50. The Bertz CT molecular complexity index is 1500.